The standard InChI is InChI=1S/C13H17NO/c14-12-5-2-6-15-13-8-10-4-1-3-9(10)7-11(12)13/h7-8,12H,1-6,14H2/t12-/m1/s1. The Labute approximate surface area is 90.4 Å². The summed E-state index contributed by atoms with van der Waals surface area (Å²) in [7, 11) is 0. The molecule has 0 aromatic heterocycles. The van der Waals surface area contributed by atoms with Crippen LogP contribution in [0.5, 0.6) is 5.75 Å². The Balaban J connectivity index is 2.09. The highest BCUT2D eigenvalue weighted by molar-refractivity contribution is 5.46. The van der Waals surface area contributed by atoms with Crippen LogP contribution in [0.25, 0.3) is 0 Å². The minimum Gasteiger partial charge on any atom is -0.493 e. The van der Waals surface area contributed by atoms with Gasteiger partial charge in [-0.2, -0.15) is 0 Å². The Hall–Kier alpha value is -1.02. The summed E-state index contributed by atoms with van der Waals surface area (Å²) in [6.45, 7) is 0.819. The third-order valence-electron chi connectivity index (χ3n) is 3.54. The topological polar surface area (TPSA) is 35.2 Å². The average molecular weight is 203 g/mol. The van der Waals surface area contributed by atoms with E-state index < -0.39 is 0 Å². The molecule has 1 aliphatic carbocycles. The van der Waals surface area contributed by atoms with Gasteiger partial charge in [-0.3, -0.25) is 0 Å². The molecule has 0 radical (unpaired) electrons. The molecule has 0 bridgehead atoms. The number of fused-ring (bicyclic) bond motifs is 2. The van der Waals surface area contributed by atoms with Crippen LogP contribution >= 0.6 is 0 Å². The number of hydrogen-bond donors (Lipinski definition) is 1. The first-order valence-electron chi connectivity index (χ1n) is 5.88. The van der Waals surface area contributed by atoms with Gasteiger partial charge in [0.1, 0.15) is 5.75 Å². The minimum absolute atomic E-state index is 0.174. The summed E-state index contributed by atoms with van der Waals surface area (Å²) >= 11 is 0. The van der Waals surface area contributed by atoms with Crippen molar-refractivity contribution in [1.29, 1.82) is 0 Å². The van der Waals surface area contributed by atoms with E-state index in [1.165, 1.54) is 36.0 Å². The largest absolute Gasteiger partial charge is 0.493 e. The van der Waals surface area contributed by atoms with Gasteiger partial charge in [0, 0.05) is 11.6 Å². The fraction of sp³-hybridized carbons (Fsp3) is 0.538. The molecule has 80 valence electrons. The number of benzene rings is 1. The molecular weight excluding hydrogens is 186 g/mol. The molecule has 0 unspecified atom stereocenters. The highest BCUT2D eigenvalue weighted by Crippen LogP contribution is 2.35. The molecule has 1 aromatic carbocycles. The molecule has 2 N–H and O–H groups in total. The lowest BCUT2D eigenvalue weighted by molar-refractivity contribution is 0.316. The first-order valence-corrected chi connectivity index (χ1v) is 5.88. The van der Waals surface area contributed by atoms with Crippen LogP contribution in [0.2, 0.25) is 0 Å². The van der Waals surface area contributed by atoms with Crippen LogP contribution in [0, 0.1) is 0 Å². The van der Waals surface area contributed by atoms with Crippen molar-refractivity contribution in [3.8, 4) is 5.75 Å². The van der Waals surface area contributed by atoms with E-state index in [0.717, 1.165) is 25.2 Å². The van der Waals surface area contributed by atoms with Gasteiger partial charge in [-0.15, -0.1) is 0 Å². The molecule has 1 aliphatic heterocycles. The molecule has 1 atom stereocenters. The van der Waals surface area contributed by atoms with E-state index in [-0.39, 0.29) is 6.04 Å². The second-order valence-electron chi connectivity index (χ2n) is 4.61. The van der Waals surface area contributed by atoms with Crippen molar-refractivity contribution in [2.45, 2.75) is 38.1 Å². The van der Waals surface area contributed by atoms with E-state index in [4.69, 9.17) is 10.5 Å². The zero-order valence-electron chi connectivity index (χ0n) is 8.96. The summed E-state index contributed by atoms with van der Waals surface area (Å²) in [6, 6.07) is 4.68. The summed E-state index contributed by atoms with van der Waals surface area (Å²) in [4.78, 5) is 0. The average Bonchev–Trinajstić information content (AvgIpc) is 2.62. The fourth-order valence-electron chi connectivity index (χ4n) is 2.68. The van der Waals surface area contributed by atoms with Crippen LogP contribution in [-0.2, 0) is 12.8 Å². The number of rotatable bonds is 0. The van der Waals surface area contributed by atoms with Gasteiger partial charge in [0.05, 0.1) is 6.61 Å². The first kappa shape index (κ1) is 9.22. The van der Waals surface area contributed by atoms with Crippen LogP contribution < -0.4 is 10.5 Å². The third-order valence-corrected chi connectivity index (χ3v) is 3.54. The van der Waals surface area contributed by atoms with E-state index in [9.17, 15) is 0 Å². The molecule has 3 rings (SSSR count). The highest BCUT2D eigenvalue weighted by atomic mass is 16.5. The maximum absolute atomic E-state index is 6.16. The van der Waals surface area contributed by atoms with Crippen LogP contribution in [0.4, 0.5) is 0 Å². The lowest BCUT2D eigenvalue weighted by Gasteiger charge is -2.14. The minimum atomic E-state index is 0.174. The summed E-state index contributed by atoms with van der Waals surface area (Å²) in [5, 5.41) is 0. The molecule has 0 amide bonds. The monoisotopic (exact) mass is 203 g/mol. The Kier molecular flexibility index (Phi) is 2.17. The second-order valence-corrected chi connectivity index (χ2v) is 4.61. The molecule has 0 saturated carbocycles. The van der Waals surface area contributed by atoms with Gasteiger partial charge in [-0.05, 0) is 49.3 Å². The van der Waals surface area contributed by atoms with E-state index in [1.54, 1.807) is 0 Å². The van der Waals surface area contributed by atoms with Crippen molar-refractivity contribution in [3.63, 3.8) is 0 Å². The number of aryl methyl sites for hydroxylation is 2. The zero-order chi connectivity index (χ0) is 10.3. The molecule has 2 aliphatic rings. The fourth-order valence-corrected chi connectivity index (χ4v) is 2.68. The summed E-state index contributed by atoms with van der Waals surface area (Å²) in [6.07, 6.45) is 5.83. The molecule has 1 heterocycles. The molecule has 0 fully saturated rings. The van der Waals surface area contributed by atoms with E-state index in [1.807, 2.05) is 0 Å². The second kappa shape index (κ2) is 3.53. The molecule has 2 nitrogen and oxygen atoms in total. The Morgan fingerprint density at radius 2 is 1.93 bits per heavy atom. The van der Waals surface area contributed by atoms with Gasteiger partial charge in [0.2, 0.25) is 0 Å². The van der Waals surface area contributed by atoms with E-state index in [2.05, 4.69) is 12.1 Å². The predicted molar refractivity (Wildman–Crippen MR) is 60.1 cm³/mol. The van der Waals surface area contributed by atoms with E-state index >= 15 is 0 Å². The van der Waals surface area contributed by atoms with Crippen molar-refractivity contribution >= 4 is 0 Å². The lowest BCUT2D eigenvalue weighted by atomic mass is 9.98. The SMILES string of the molecule is N[C@@H]1CCCOc2cc3c(cc21)CCC3. The maximum atomic E-state index is 6.16. The van der Waals surface area contributed by atoms with Gasteiger partial charge in [-0.1, -0.05) is 6.07 Å². The van der Waals surface area contributed by atoms with Crippen LogP contribution in [0.1, 0.15) is 42.0 Å². The van der Waals surface area contributed by atoms with Crippen molar-refractivity contribution in [3.05, 3.63) is 28.8 Å². The summed E-state index contributed by atoms with van der Waals surface area (Å²) in [5.41, 5.74) is 10.4. The Morgan fingerprint density at radius 3 is 2.80 bits per heavy atom. The molecular formula is C13H17NO. The maximum Gasteiger partial charge on any atom is 0.124 e. The van der Waals surface area contributed by atoms with Crippen molar-refractivity contribution in [1.82, 2.24) is 0 Å². The third kappa shape index (κ3) is 1.53. The number of ether oxygens (including phenoxy) is 1. The Morgan fingerprint density at radius 1 is 1.13 bits per heavy atom. The van der Waals surface area contributed by atoms with Crippen molar-refractivity contribution in [2.75, 3.05) is 6.61 Å². The summed E-state index contributed by atoms with van der Waals surface area (Å²) < 4.78 is 5.76. The van der Waals surface area contributed by atoms with Crippen LogP contribution in [0.3, 0.4) is 0 Å². The lowest BCUT2D eigenvalue weighted by Crippen LogP contribution is -2.09. The number of hydrogen-bond acceptors (Lipinski definition) is 2. The Bertz CT molecular complexity index is 386. The quantitative estimate of drug-likeness (QED) is 0.702. The molecule has 2 heteroatoms. The van der Waals surface area contributed by atoms with Gasteiger partial charge >= 0.3 is 0 Å². The van der Waals surface area contributed by atoms with Crippen LogP contribution in [0.15, 0.2) is 12.1 Å². The predicted octanol–water partition coefficient (Wildman–Crippen LogP) is 2.35. The molecule has 0 saturated heterocycles. The number of nitrogens with two attached hydrogens (primary N) is 1. The van der Waals surface area contributed by atoms with Gasteiger partial charge in [-0.25, -0.2) is 0 Å². The van der Waals surface area contributed by atoms with Crippen molar-refractivity contribution in [2.24, 2.45) is 5.73 Å². The summed E-state index contributed by atoms with van der Waals surface area (Å²) in [5.74, 6) is 1.04. The van der Waals surface area contributed by atoms with Crippen molar-refractivity contribution < 1.29 is 4.74 Å². The van der Waals surface area contributed by atoms with E-state index in [0.29, 0.717) is 0 Å². The smallest absolute Gasteiger partial charge is 0.124 e. The van der Waals surface area contributed by atoms with Gasteiger partial charge in [0.25, 0.3) is 0 Å². The normalized spacial score (nSPS) is 23.9. The highest BCUT2D eigenvalue weighted by Gasteiger charge is 2.20. The molecule has 0 spiro atoms. The zero-order valence-corrected chi connectivity index (χ0v) is 8.96. The molecule has 15 heavy (non-hydrogen) atoms. The molecule has 1 aromatic rings. The van der Waals surface area contributed by atoms with Gasteiger partial charge < -0.3 is 10.5 Å². The van der Waals surface area contributed by atoms with Gasteiger partial charge in [0.15, 0.2) is 0 Å². The first-order chi connectivity index (χ1) is 7.34. The van der Waals surface area contributed by atoms with Crippen LogP contribution in [-0.4, -0.2) is 6.61 Å².